The number of benzene rings is 1. The monoisotopic (exact) mass is 240 g/mol. The van der Waals surface area contributed by atoms with Crippen molar-refractivity contribution in [2.45, 2.75) is 4.90 Å². The summed E-state index contributed by atoms with van der Waals surface area (Å²) in [5.74, 6) is 0.253. The van der Waals surface area contributed by atoms with Gasteiger partial charge in [-0.1, -0.05) is 40.7 Å². The van der Waals surface area contributed by atoms with E-state index in [0.717, 1.165) is 5.56 Å². The van der Waals surface area contributed by atoms with Gasteiger partial charge in [-0.15, -0.1) is 4.40 Å². The number of nitrogens with zero attached hydrogens (tertiary/aromatic N) is 2. The molecule has 2 rings (SSSR count). The minimum Gasteiger partial charge on any atom is -0.276 e. The van der Waals surface area contributed by atoms with Crippen LogP contribution in [0.25, 0.3) is 0 Å². The van der Waals surface area contributed by atoms with E-state index >= 15 is 0 Å². The molecule has 1 aromatic carbocycles. The van der Waals surface area contributed by atoms with E-state index in [1.54, 1.807) is 18.2 Å². The predicted molar refractivity (Wildman–Crippen MR) is 62.2 cm³/mol. The van der Waals surface area contributed by atoms with Gasteiger partial charge in [-0.05, 0) is 6.07 Å². The lowest BCUT2D eigenvalue weighted by Gasteiger charge is -2.22. The molecule has 1 aliphatic rings. The van der Waals surface area contributed by atoms with Crippen molar-refractivity contribution in [3.05, 3.63) is 29.8 Å². The molecule has 0 unspecified atom stereocenters. The normalized spacial score (nSPS) is 18.9. The SMILES string of the molecule is N#CCSC1=NS(O)(O)c2ccccc21. The van der Waals surface area contributed by atoms with Crippen LogP contribution >= 0.6 is 22.5 Å². The zero-order valence-corrected chi connectivity index (χ0v) is 9.25. The highest BCUT2D eigenvalue weighted by Gasteiger charge is 2.28. The second-order valence-electron chi connectivity index (χ2n) is 2.86. The van der Waals surface area contributed by atoms with Crippen molar-refractivity contribution in [2.75, 3.05) is 5.75 Å². The molecule has 0 radical (unpaired) electrons. The molecule has 78 valence electrons. The van der Waals surface area contributed by atoms with E-state index in [2.05, 4.69) is 4.40 Å². The topological polar surface area (TPSA) is 76.6 Å². The summed E-state index contributed by atoms with van der Waals surface area (Å²) in [5.41, 5.74) is 0.720. The number of nitriles is 1. The molecule has 0 spiro atoms. The number of fused-ring (bicyclic) bond motifs is 1. The van der Waals surface area contributed by atoms with Gasteiger partial charge >= 0.3 is 0 Å². The van der Waals surface area contributed by atoms with Crippen molar-refractivity contribution in [3.63, 3.8) is 0 Å². The van der Waals surface area contributed by atoms with Gasteiger partial charge in [0, 0.05) is 5.56 Å². The van der Waals surface area contributed by atoms with Crippen LogP contribution in [-0.4, -0.2) is 19.9 Å². The van der Waals surface area contributed by atoms with Gasteiger partial charge < -0.3 is 0 Å². The van der Waals surface area contributed by atoms with Crippen molar-refractivity contribution in [3.8, 4) is 6.07 Å². The van der Waals surface area contributed by atoms with Gasteiger partial charge in [0.25, 0.3) is 0 Å². The van der Waals surface area contributed by atoms with Gasteiger partial charge in [-0.25, -0.2) is 0 Å². The van der Waals surface area contributed by atoms with E-state index in [1.807, 2.05) is 12.1 Å². The van der Waals surface area contributed by atoms with Crippen molar-refractivity contribution >= 4 is 27.6 Å². The minimum atomic E-state index is -3.03. The Morgan fingerprint density at radius 3 is 2.87 bits per heavy atom. The molecular weight excluding hydrogens is 232 g/mol. The third kappa shape index (κ3) is 1.87. The largest absolute Gasteiger partial charge is 0.276 e. The fraction of sp³-hybridized carbons (Fsp3) is 0.111. The number of hydrogen-bond acceptors (Lipinski definition) is 5. The highest BCUT2D eigenvalue weighted by molar-refractivity contribution is 8.25. The molecule has 0 saturated carbocycles. The second kappa shape index (κ2) is 3.87. The molecule has 1 aliphatic heterocycles. The molecule has 0 amide bonds. The molecule has 1 heterocycles. The Kier molecular flexibility index (Phi) is 2.71. The first-order chi connectivity index (χ1) is 7.15. The van der Waals surface area contributed by atoms with E-state index in [4.69, 9.17) is 5.26 Å². The number of rotatable bonds is 1. The Morgan fingerprint density at radius 1 is 1.40 bits per heavy atom. The van der Waals surface area contributed by atoms with E-state index in [1.165, 1.54) is 11.8 Å². The molecule has 4 nitrogen and oxygen atoms in total. The van der Waals surface area contributed by atoms with Crippen molar-refractivity contribution in [1.29, 1.82) is 5.26 Å². The molecule has 0 atom stereocenters. The zero-order valence-electron chi connectivity index (χ0n) is 7.62. The van der Waals surface area contributed by atoms with Crippen molar-refractivity contribution in [2.24, 2.45) is 4.40 Å². The molecule has 0 fully saturated rings. The van der Waals surface area contributed by atoms with Gasteiger partial charge in [0.05, 0.1) is 16.7 Å². The lowest BCUT2D eigenvalue weighted by Crippen LogP contribution is -1.93. The standard InChI is InChI=1S/C9H8N2O2S2/c10-5-6-14-9-7-3-1-2-4-8(7)15(12,13)11-9/h1-4,12-13H,6H2. The summed E-state index contributed by atoms with van der Waals surface area (Å²) < 4.78 is 23.2. The summed E-state index contributed by atoms with van der Waals surface area (Å²) in [6.07, 6.45) is 0. The molecule has 0 aromatic heterocycles. The summed E-state index contributed by atoms with van der Waals surface area (Å²) >= 11 is 1.22. The Balaban J connectivity index is 2.40. The van der Waals surface area contributed by atoms with Crippen molar-refractivity contribution < 1.29 is 9.11 Å². The molecular formula is C9H8N2O2S2. The van der Waals surface area contributed by atoms with Crippen LogP contribution in [0, 0.1) is 11.3 Å². The van der Waals surface area contributed by atoms with Crippen LogP contribution in [0.15, 0.2) is 33.6 Å². The summed E-state index contributed by atoms with van der Waals surface area (Å²) in [4.78, 5) is 0.449. The summed E-state index contributed by atoms with van der Waals surface area (Å²) in [7, 11) is -3.03. The maximum atomic E-state index is 9.67. The predicted octanol–water partition coefficient (Wildman–Crippen LogP) is 2.73. The smallest absolute Gasteiger partial charge is 0.126 e. The average molecular weight is 240 g/mol. The molecule has 15 heavy (non-hydrogen) atoms. The summed E-state index contributed by atoms with van der Waals surface area (Å²) in [6, 6.07) is 8.95. The lowest BCUT2D eigenvalue weighted by atomic mass is 10.2. The minimum absolute atomic E-state index is 0.253. The van der Waals surface area contributed by atoms with Crippen molar-refractivity contribution in [1.82, 2.24) is 0 Å². The van der Waals surface area contributed by atoms with E-state index < -0.39 is 10.8 Å². The van der Waals surface area contributed by atoms with Crippen LogP contribution in [0.3, 0.4) is 0 Å². The highest BCUT2D eigenvalue weighted by Crippen LogP contribution is 2.56. The van der Waals surface area contributed by atoms with Crippen LogP contribution < -0.4 is 0 Å². The van der Waals surface area contributed by atoms with Gasteiger partial charge in [0.2, 0.25) is 0 Å². The first kappa shape index (κ1) is 10.5. The Hall–Kier alpha value is -1.00. The third-order valence-electron chi connectivity index (χ3n) is 1.90. The first-order valence-corrected chi connectivity index (χ1v) is 6.61. The molecule has 0 bridgehead atoms. The van der Waals surface area contributed by atoms with Gasteiger partial charge in [-0.3, -0.25) is 9.11 Å². The van der Waals surface area contributed by atoms with Crippen LogP contribution in [0.1, 0.15) is 5.56 Å². The Labute approximate surface area is 93.1 Å². The third-order valence-corrected chi connectivity index (χ3v) is 4.25. The fourth-order valence-electron chi connectivity index (χ4n) is 1.30. The first-order valence-electron chi connectivity index (χ1n) is 4.12. The zero-order chi connectivity index (χ0) is 10.9. The second-order valence-corrected chi connectivity index (χ2v) is 5.48. The van der Waals surface area contributed by atoms with Gasteiger partial charge in [0.1, 0.15) is 5.04 Å². The molecule has 6 heteroatoms. The lowest BCUT2D eigenvalue weighted by molar-refractivity contribution is 0.491. The highest BCUT2D eigenvalue weighted by atomic mass is 32.3. The summed E-state index contributed by atoms with van der Waals surface area (Å²) in [6.45, 7) is 0. The van der Waals surface area contributed by atoms with E-state index in [9.17, 15) is 9.11 Å². The van der Waals surface area contributed by atoms with Crippen LogP contribution in [0.4, 0.5) is 0 Å². The Morgan fingerprint density at radius 2 is 2.13 bits per heavy atom. The molecule has 1 aromatic rings. The molecule has 0 saturated heterocycles. The maximum absolute atomic E-state index is 9.67. The average Bonchev–Trinajstić information content (AvgIpc) is 2.49. The van der Waals surface area contributed by atoms with Crippen LogP contribution in [0.2, 0.25) is 0 Å². The quantitative estimate of drug-likeness (QED) is 0.791. The molecule has 2 N–H and O–H groups in total. The van der Waals surface area contributed by atoms with Crippen LogP contribution in [-0.2, 0) is 0 Å². The Bertz CT molecular complexity index is 465. The number of hydrogen-bond donors (Lipinski definition) is 2. The molecule has 0 aliphatic carbocycles. The number of thioether (sulfide) groups is 1. The van der Waals surface area contributed by atoms with Gasteiger partial charge in [-0.2, -0.15) is 5.26 Å². The van der Waals surface area contributed by atoms with Gasteiger partial charge in [0.15, 0.2) is 0 Å². The van der Waals surface area contributed by atoms with E-state index in [0.29, 0.717) is 9.94 Å². The summed E-state index contributed by atoms with van der Waals surface area (Å²) in [5, 5.41) is 9.00. The maximum Gasteiger partial charge on any atom is 0.126 e. The fourth-order valence-corrected chi connectivity index (χ4v) is 3.57. The van der Waals surface area contributed by atoms with Crippen LogP contribution in [0.5, 0.6) is 0 Å². The van der Waals surface area contributed by atoms with E-state index in [-0.39, 0.29) is 5.75 Å².